The Kier molecular flexibility index (Phi) is 8.29. The van der Waals surface area contributed by atoms with Gasteiger partial charge in [-0.3, -0.25) is 4.90 Å². The number of nitrogens with zero attached hydrogens (tertiary/aromatic N) is 1. The van der Waals surface area contributed by atoms with Crippen LogP contribution < -0.4 is 5.32 Å². The Balaban J connectivity index is 0.00000144. The highest BCUT2D eigenvalue weighted by Gasteiger charge is 2.18. The van der Waals surface area contributed by atoms with Crippen LogP contribution in [-0.4, -0.2) is 31.1 Å². The van der Waals surface area contributed by atoms with Gasteiger partial charge in [0.05, 0.1) is 6.04 Å². The SMILES string of the molecule is C=C[C@H](c1cccc(C)c1)N1CCNCC1.Cl.Cl. The average Bonchev–Trinajstić information content (AvgIpc) is 2.31. The van der Waals surface area contributed by atoms with E-state index in [9.17, 15) is 0 Å². The van der Waals surface area contributed by atoms with E-state index < -0.39 is 0 Å². The Labute approximate surface area is 122 Å². The molecule has 1 aliphatic heterocycles. The zero-order valence-corrected chi connectivity index (χ0v) is 12.4. The third-order valence-corrected chi connectivity index (χ3v) is 3.15. The largest absolute Gasteiger partial charge is 0.314 e. The van der Waals surface area contributed by atoms with Crippen molar-refractivity contribution in [1.82, 2.24) is 10.2 Å². The molecule has 0 saturated carbocycles. The second kappa shape index (κ2) is 8.54. The van der Waals surface area contributed by atoms with E-state index in [2.05, 4.69) is 54.1 Å². The summed E-state index contributed by atoms with van der Waals surface area (Å²) in [7, 11) is 0. The molecule has 4 heteroatoms. The van der Waals surface area contributed by atoms with Crippen LogP contribution in [0.4, 0.5) is 0 Å². The lowest BCUT2D eigenvalue weighted by Crippen LogP contribution is -2.44. The summed E-state index contributed by atoms with van der Waals surface area (Å²) in [5.41, 5.74) is 2.68. The summed E-state index contributed by atoms with van der Waals surface area (Å²) in [4.78, 5) is 2.48. The molecular weight excluding hydrogens is 267 g/mol. The highest BCUT2D eigenvalue weighted by molar-refractivity contribution is 5.85. The van der Waals surface area contributed by atoms with Gasteiger partial charge in [-0.1, -0.05) is 35.9 Å². The zero-order chi connectivity index (χ0) is 11.4. The van der Waals surface area contributed by atoms with Crippen LogP contribution in [0.5, 0.6) is 0 Å². The number of hydrogen-bond donors (Lipinski definition) is 1. The quantitative estimate of drug-likeness (QED) is 0.861. The molecule has 1 saturated heterocycles. The maximum atomic E-state index is 3.98. The van der Waals surface area contributed by atoms with E-state index in [-0.39, 0.29) is 24.8 Å². The Morgan fingerprint density at radius 1 is 1.28 bits per heavy atom. The molecule has 1 fully saturated rings. The molecule has 1 heterocycles. The van der Waals surface area contributed by atoms with Crippen LogP contribution in [0.15, 0.2) is 36.9 Å². The minimum Gasteiger partial charge on any atom is -0.314 e. The van der Waals surface area contributed by atoms with Crippen LogP contribution in [0.1, 0.15) is 17.2 Å². The molecular formula is C14H22Cl2N2. The lowest BCUT2D eigenvalue weighted by atomic mass is 10.0. The predicted octanol–water partition coefficient (Wildman–Crippen LogP) is 2.97. The van der Waals surface area contributed by atoms with Gasteiger partial charge in [0.25, 0.3) is 0 Å². The van der Waals surface area contributed by atoms with Crippen molar-refractivity contribution in [1.29, 1.82) is 0 Å². The highest BCUT2D eigenvalue weighted by atomic mass is 35.5. The standard InChI is InChI=1S/C14H20N2.2ClH/c1-3-14(16-9-7-15-8-10-16)13-6-4-5-12(2)11-13;;/h3-6,11,14-15H,1,7-10H2,2H3;2*1H/t14-;;/m1../s1. The number of benzene rings is 1. The van der Waals surface area contributed by atoms with E-state index in [1.54, 1.807) is 0 Å². The van der Waals surface area contributed by atoms with Gasteiger partial charge in [0.15, 0.2) is 0 Å². The van der Waals surface area contributed by atoms with Gasteiger partial charge in [0.1, 0.15) is 0 Å². The topological polar surface area (TPSA) is 15.3 Å². The van der Waals surface area contributed by atoms with Crippen molar-refractivity contribution in [3.8, 4) is 0 Å². The fourth-order valence-corrected chi connectivity index (χ4v) is 2.31. The number of piperazine rings is 1. The molecule has 0 amide bonds. The fourth-order valence-electron chi connectivity index (χ4n) is 2.31. The van der Waals surface area contributed by atoms with E-state index in [1.807, 2.05) is 0 Å². The van der Waals surface area contributed by atoms with E-state index in [4.69, 9.17) is 0 Å². The highest BCUT2D eigenvalue weighted by Crippen LogP contribution is 2.22. The van der Waals surface area contributed by atoms with Crippen LogP contribution in [0.2, 0.25) is 0 Å². The van der Waals surface area contributed by atoms with Crippen LogP contribution in [0.25, 0.3) is 0 Å². The molecule has 1 aromatic rings. The summed E-state index contributed by atoms with van der Waals surface area (Å²) in [5.74, 6) is 0. The molecule has 18 heavy (non-hydrogen) atoms. The predicted molar refractivity (Wildman–Crippen MR) is 83.1 cm³/mol. The first-order valence-corrected chi connectivity index (χ1v) is 5.95. The molecule has 0 radical (unpaired) electrons. The van der Waals surface area contributed by atoms with Gasteiger partial charge in [-0.05, 0) is 12.5 Å². The normalized spacial score (nSPS) is 17.2. The molecule has 0 aliphatic carbocycles. The maximum absolute atomic E-state index is 3.98. The van der Waals surface area contributed by atoms with Crippen LogP contribution in [-0.2, 0) is 0 Å². The molecule has 0 unspecified atom stereocenters. The van der Waals surface area contributed by atoms with Crippen molar-refractivity contribution in [3.63, 3.8) is 0 Å². The van der Waals surface area contributed by atoms with Gasteiger partial charge in [-0.25, -0.2) is 0 Å². The molecule has 1 N–H and O–H groups in total. The molecule has 1 atom stereocenters. The molecule has 102 valence electrons. The Morgan fingerprint density at radius 3 is 2.50 bits per heavy atom. The van der Waals surface area contributed by atoms with E-state index in [0.29, 0.717) is 6.04 Å². The first-order valence-electron chi connectivity index (χ1n) is 5.95. The number of nitrogens with one attached hydrogen (secondary N) is 1. The van der Waals surface area contributed by atoms with Crippen molar-refractivity contribution < 1.29 is 0 Å². The Hall–Kier alpha value is -0.540. The summed E-state index contributed by atoms with van der Waals surface area (Å²) in [6, 6.07) is 9.09. The van der Waals surface area contributed by atoms with Gasteiger partial charge in [-0.15, -0.1) is 31.4 Å². The molecule has 0 spiro atoms. The van der Waals surface area contributed by atoms with Crippen LogP contribution >= 0.6 is 24.8 Å². The van der Waals surface area contributed by atoms with Crippen molar-refractivity contribution in [2.24, 2.45) is 0 Å². The minimum atomic E-state index is 0. The fraction of sp³-hybridized carbons (Fsp3) is 0.429. The molecule has 1 aromatic carbocycles. The summed E-state index contributed by atoms with van der Waals surface area (Å²) >= 11 is 0. The van der Waals surface area contributed by atoms with Crippen LogP contribution in [0, 0.1) is 6.92 Å². The molecule has 0 aromatic heterocycles. The Bertz CT molecular complexity index is 363. The van der Waals surface area contributed by atoms with Gasteiger partial charge >= 0.3 is 0 Å². The second-order valence-corrected chi connectivity index (χ2v) is 4.38. The van der Waals surface area contributed by atoms with Gasteiger partial charge in [0, 0.05) is 26.2 Å². The number of hydrogen-bond acceptors (Lipinski definition) is 2. The number of halogens is 2. The lowest BCUT2D eigenvalue weighted by molar-refractivity contribution is 0.203. The molecule has 0 bridgehead atoms. The minimum absolute atomic E-state index is 0. The summed E-state index contributed by atoms with van der Waals surface area (Å²) in [5, 5.41) is 3.38. The van der Waals surface area contributed by atoms with Gasteiger partial charge in [0.2, 0.25) is 0 Å². The number of aryl methyl sites for hydroxylation is 1. The summed E-state index contributed by atoms with van der Waals surface area (Å²) in [6.07, 6.45) is 2.06. The van der Waals surface area contributed by atoms with Crippen molar-refractivity contribution in [2.75, 3.05) is 26.2 Å². The lowest BCUT2D eigenvalue weighted by Gasteiger charge is -2.33. The van der Waals surface area contributed by atoms with E-state index in [0.717, 1.165) is 26.2 Å². The van der Waals surface area contributed by atoms with Gasteiger partial charge in [-0.2, -0.15) is 0 Å². The van der Waals surface area contributed by atoms with Crippen molar-refractivity contribution in [3.05, 3.63) is 48.0 Å². The third-order valence-electron chi connectivity index (χ3n) is 3.15. The third kappa shape index (κ3) is 4.29. The smallest absolute Gasteiger partial charge is 0.0530 e. The second-order valence-electron chi connectivity index (χ2n) is 4.38. The Morgan fingerprint density at radius 2 is 1.94 bits per heavy atom. The molecule has 1 aliphatic rings. The molecule has 2 nitrogen and oxygen atoms in total. The van der Waals surface area contributed by atoms with Crippen LogP contribution in [0.3, 0.4) is 0 Å². The summed E-state index contributed by atoms with van der Waals surface area (Å²) in [6.45, 7) is 10.5. The zero-order valence-electron chi connectivity index (χ0n) is 10.8. The monoisotopic (exact) mass is 288 g/mol. The first-order chi connectivity index (χ1) is 7.81. The summed E-state index contributed by atoms with van der Waals surface area (Å²) < 4.78 is 0. The van der Waals surface area contributed by atoms with E-state index >= 15 is 0 Å². The maximum Gasteiger partial charge on any atom is 0.0530 e. The van der Waals surface area contributed by atoms with Gasteiger partial charge < -0.3 is 5.32 Å². The first kappa shape index (κ1) is 17.5. The number of rotatable bonds is 3. The average molecular weight is 289 g/mol. The van der Waals surface area contributed by atoms with Crippen molar-refractivity contribution in [2.45, 2.75) is 13.0 Å². The van der Waals surface area contributed by atoms with E-state index in [1.165, 1.54) is 11.1 Å². The van der Waals surface area contributed by atoms with Crippen molar-refractivity contribution >= 4 is 24.8 Å². The molecule has 2 rings (SSSR count).